The molecule has 0 atom stereocenters. The number of carbonyl (C=O) groups is 2. The summed E-state index contributed by atoms with van der Waals surface area (Å²) >= 11 is 11.7. The molecule has 0 saturated heterocycles. The van der Waals surface area contributed by atoms with Gasteiger partial charge in [0.25, 0.3) is 10.0 Å². The van der Waals surface area contributed by atoms with Crippen molar-refractivity contribution in [3.8, 4) is 0 Å². The first-order valence-electron chi connectivity index (χ1n) is 6.97. The van der Waals surface area contributed by atoms with Gasteiger partial charge in [-0.15, -0.1) is 0 Å². The van der Waals surface area contributed by atoms with Crippen LogP contribution in [0.1, 0.15) is 20.7 Å². The lowest BCUT2D eigenvalue weighted by atomic mass is 10.1. The molecule has 10 heteroatoms. The predicted molar refractivity (Wildman–Crippen MR) is 96.4 cm³/mol. The van der Waals surface area contributed by atoms with E-state index >= 15 is 0 Å². The van der Waals surface area contributed by atoms with E-state index in [4.69, 9.17) is 23.2 Å². The van der Waals surface area contributed by atoms with Crippen LogP contribution in [0, 0.1) is 0 Å². The van der Waals surface area contributed by atoms with E-state index in [0.29, 0.717) is 0 Å². The molecular weight excluding hydrogens is 405 g/mol. The van der Waals surface area contributed by atoms with Crippen molar-refractivity contribution in [2.24, 2.45) is 0 Å². The van der Waals surface area contributed by atoms with Gasteiger partial charge in [-0.2, -0.15) is 0 Å². The molecule has 0 unspecified atom stereocenters. The molecule has 0 bridgehead atoms. The Hall–Kier alpha value is -2.29. The predicted octanol–water partition coefficient (Wildman–Crippen LogP) is 3.37. The van der Waals surface area contributed by atoms with E-state index in [2.05, 4.69) is 14.2 Å². The van der Waals surface area contributed by atoms with Gasteiger partial charge in [-0.3, -0.25) is 4.72 Å². The SMILES string of the molecule is COC(=O)c1ccc(C(=O)OC)c(S(=O)(=O)Nc2cc(Cl)cc(Cl)c2)c1. The van der Waals surface area contributed by atoms with Crippen LogP contribution in [0.15, 0.2) is 41.3 Å². The topological polar surface area (TPSA) is 98.8 Å². The molecule has 0 spiro atoms. The molecule has 2 aromatic carbocycles. The lowest BCUT2D eigenvalue weighted by Crippen LogP contribution is -2.18. The molecule has 0 amide bonds. The fourth-order valence-corrected chi connectivity index (χ4v) is 3.88. The molecule has 0 aromatic heterocycles. The van der Waals surface area contributed by atoms with Gasteiger partial charge in [0, 0.05) is 10.0 Å². The van der Waals surface area contributed by atoms with E-state index in [1.165, 1.54) is 24.3 Å². The van der Waals surface area contributed by atoms with Gasteiger partial charge in [0.2, 0.25) is 0 Å². The lowest BCUT2D eigenvalue weighted by molar-refractivity contribution is 0.0583. The summed E-state index contributed by atoms with van der Waals surface area (Å²) < 4.78 is 37.0. The Kier molecular flexibility index (Phi) is 6.12. The Bertz CT molecular complexity index is 954. The van der Waals surface area contributed by atoms with E-state index < -0.39 is 26.9 Å². The summed E-state index contributed by atoms with van der Waals surface area (Å²) in [4.78, 5) is 23.2. The van der Waals surface area contributed by atoms with Crippen LogP contribution in [0.25, 0.3) is 0 Å². The molecule has 26 heavy (non-hydrogen) atoms. The fraction of sp³-hybridized carbons (Fsp3) is 0.125. The number of ether oxygens (including phenoxy) is 2. The first-order valence-corrected chi connectivity index (χ1v) is 9.21. The minimum atomic E-state index is -4.27. The van der Waals surface area contributed by atoms with Crippen LogP contribution in [-0.4, -0.2) is 34.6 Å². The summed E-state index contributed by atoms with van der Waals surface area (Å²) in [7, 11) is -2.01. The van der Waals surface area contributed by atoms with E-state index in [1.54, 1.807) is 0 Å². The molecule has 0 aliphatic carbocycles. The van der Waals surface area contributed by atoms with Crippen molar-refractivity contribution in [3.63, 3.8) is 0 Å². The number of rotatable bonds is 5. The number of sulfonamides is 1. The molecule has 0 fully saturated rings. The zero-order chi connectivity index (χ0) is 19.5. The van der Waals surface area contributed by atoms with Gasteiger partial charge in [-0.25, -0.2) is 18.0 Å². The third-order valence-corrected chi connectivity index (χ3v) is 5.07. The number of nitrogens with one attached hydrogen (secondary N) is 1. The number of hydrogen-bond donors (Lipinski definition) is 1. The van der Waals surface area contributed by atoms with E-state index in [1.807, 2.05) is 0 Å². The summed E-state index contributed by atoms with van der Waals surface area (Å²) in [5.74, 6) is -1.64. The van der Waals surface area contributed by atoms with Crippen LogP contribution >= 0.6 is 23.2 Å². The summed E-state index contributed by atoms with van der Waals surface area (Å²) in [6, 6.07) is 7.55. The van der Waals surface area contributed by atoms with Crippen molar-refractivity contribution in [1.29, 1.82) is 0 Å². The zero-order valence-electron chi connectivity index (χ0n) is 13.6. The number of esters is 2. The Labute approximate surface area is 159 Å². The summed E-state index contributed by atoms with van der Waals surface area (Å²) in [5.41, 5.74) is -0.216. The Morgan fingerprint density at radius 3 is 2.04 bits per heavy atom. The number of hydrogen-bond acceptors (Lipinski definition) is 6. The molecule has 0 saturated carbocycles. The zero-order valence-corrected chi connectivity index (χ0v) is 15.9. The lowest BCUT2D eigenvalue weighted by Gasteiger charge is -2.13. The highest BCUT2D eigenvalue weighted by atomic mass is 35.5. The first kappa shape index (κ1) is 20.0. The van der Waals surface area contributed by atoms with Gasteiger partial charge in [0.05, 0.1) is 31.0 Å². The molecular formula is C16H13Cl2NO6S. The second-order valence-electron chi connectivity index (χ2n) is 4.96. The van der Waals surface area contributed by atoms with Crippen LogP contribution < -0.4 is 4.72 Å². The average molecular weight is 418 g/mol. The molecule has 0 aliphatic heterocycles. The van der Waals surface area contributed by atoms with Crippen molar-refractivity contribution in [3.05, 3.63) is 57.6 Å². The third-order valence-electron chi connectivity index (χ3n) is 3.21. The number of benzene rings is 2. The maximum absolute atomic E-state index is 12.8. The monoisotopic (exact) mass is 417 g/mol. The Morgan fingerprint density at radius 2 is 1.50 bits per heavy atom. The highest BCUT2D eigenvalue weighted by molar-refractivity contribution is 7.92. The number of methoxy groups -OCH3 is 2. The van der Waals surface area contributed by atoms with Crippen molar-refractivity contribution >= 4 is 50.9 Å². The minimum absolute atomic E-state index is 0.0512. The number of anilines is 1. The highest BCUT2D eigenvalue weighted by Crippen LogP contribution is 2.26. The fourth-order valence-electron chi connectivity index (χ4n) is 2.09. The highest BCUT2D eigenvalue weighted by Gasteiger charge is 2.25. The van der Waals surface area contributed by atoms with Crippen LogP contribution in [0.3, 0.4) is 0 Å². The van der Waals surface area contributed by atoms with Crippen molar-refractivity contribution in [2.75, 3.05) is 18.9 Å². The van der Waals surface area contributed by atoms with Gasteiger partial charge in [0.1, 0.15) is 4.90 Å². The average Bonchev–Trinajstić information content (AvgIpc) is 2.58. The van der Waals surface area contributed by atoms with E-state index in [-0.39, 0.29) is 26.9 Å². The van der Waals surface area contributed by atoms with Gasteiger partial charge in [-0.1, -0.05) is 23.2 Å². The molecule has 0 aliphatic rings. The number of carbonyl (C=O) groups excluding carboxylic acids is 2. The summed E-state index contributed by atoms with van der Waals surface area (Å²) in [5, 5.41) is 0.429. The number of halogens is 2. The molecule has 2 rings (SSSR count). The largest absolute Gasteiger partial charge is 0.465 e. The normalized spacial score (nSPS) is 10.9. The standard InChI is InChI=1S/C16H13Cl2NO6S/c1-24-15(20)9-3-4-13(16(21)25-2)14(5-9)26(22,23)19-12-7-10(17)6-11(18)8-12/h3-8,19H,1-2H3. The molecule has 2 aromatic rings. The maximum atomic E-state index is 12.8. The second kappa shape index (κ2) is 7.94. The van der Waals surface area contributed by atoms with Gasteiger partial charge in [0.15, 0.2) is 0 Å². The van der Waals surface area contributed by atoms with Crippen molar-refractivity contribution < 1.29 is 27.5 Å². The Morgan fingerprint density at radius 1 is 0.923 bits per heavy atom. The smallest absolute Gasteiger partial charge is 0.339 e. The van der Waals surface area contributed by atoms with Crippen molar-refractivity contribution in [1.82, 2.24) is 0 Å². The van der Waals surface area contributed by atoms with Crippen LogP contribution in [0.4, 0.5) is 5.69 Å². The van der Waals surface area contributed by atoms with Gasteiger partial charge in [-0.05, 0) is 36.4 Å². The minimum Gasteiger partial charge on any atom is -0.465 e. The van der Waals surface area contributed by atoms with Crippen LogP contribution in [-0.2, 0) is 19.5 Å². The third kappa shape index (κ3) is 4.46. The molecule has 7 nitrogen and oxygen atoms in total. The molecule has 138 valence electrons. The maximum Gasteiger partial charge on any atom is 0.339 e. The quantitative estimate of drug-likeness (QED) is 0.748. The van der Waals surface area contributed by atoms with Gasteiger partial charge < -0.3 is 9.47 Å². The molecule has 0 heterocycles. The summed E-state index contributed by atoms with van der Waals surface area (Å²) in [6.07, 6.45) is 0. The molecule has 0 radical (unpaired) electrons. The summed E-state index contributed by atoms with van der Waals surface area (Å²) in [6.45, 7) is 0. The second-order valence-corrected chi connectivity index (χ2v) is 7.48. The van der Waals surface area contributed by atoms with Crippen LogP contribution in [0.5, 0.6) is 0 Å². The van der Waals surface area contributed by atoms with Crippen molar-refractivity contribution in [2.45, 2.75) is 4.90 Å². The Balaban J connectivity index is 2.58. The van der Waals surface area contributed by atoms with Gasteiger partial charge >= 0.3 is 11.9 Å². The van der Waals surface area contributed by atoms with E-state index in [0.717, 1.165) is 26.4 Å². The molecule has 1 N–H and O–H groups in total. The van der Waals surface area contributed by atoms with E-state index in [9.17, 15) is 18.0 Å². The first-order chi connectivity index (χ1) is 12.2. The van der Waals surface area contributed by atoms with Crippen LogP contribution in [0.2, 0.25) is 10.0 Å².